The van der Waals surface area contributed by atoms with Gasteiger partial charge in [0.15, 0.2) is 0 Å². The second-order valence-electron chi connectivity index (χ2n) is 3.18. The van der Waals surface area contributed by atoms with Crippen molar-refractivity contribution in [2.75, 3.05) is 6.61 Å². The van der Waals surface area contributed by atoms with Crippen molar-refractivity contribution in [3.63, 3.8) is 0 Å². The summed E-state index contributed by atoms with van der Waals surface area (Å²) >= 11 is 0. The standard InChI is InChI=1S/C8H16O3P/c1-3-5-8(4-2)6-7-10-12(9)11-8/h3-7H2,1-2H3/q+1/t8-/m0/s1. The van der Waals surface area contributed by atoms with E-state index in [-0.39, 0.29) is 5.60 Å². The monoisotopic (exact) mass is 191 g/mol. The topological polar surface area (TPSA) is 35.5 Å². The van der Waals surface area contributed by atoms with Crippen molar-refractivity contribution in [2.45, 2.75) is 45.1 Å². The van der Waals surface area contributed by atoms with Gasteiger partial charge < -0.3 is 0 Å². The number of hydrogen-bond donors (Lipinski definition) is 0. The third-order valence-corrected chi connectivity index (χ3v) is 3.30. The molecule has 0 aromatic heterocycles. The maximum atomic E-state index is 11.0. The molecule has 0 aromatic carbocycles. The van der Waals surface area contributed by atoms with Crippen LogP contribution in [0, 0.1) is 0 Å². The largest absolute Gasteiger partial charge is 0.697 e. The summed E-state index contributed by atoms with van der Waals surface area (Å²) in [6.07, 6.45) is 3.84. The number of hydrogen-bond acceptors (Lipinski definition) is 3. The SMILES string of the molecule is CCC[C@@]1(CC)CCO[P+](=O)O1. The quantitative estimate of drug-likeness (QED) is 0.643. The van der Waals surface area contributed by atoms with Gasteiger partial charge in [-0.1, -0.05) is 20.3 Å². The van der Waals surface area contributed by atoms with Gasteiger partial charge in [-0.15, -0.1) is 9.05 Å². The van der Waals surface area contributed by atoms with Crippen LogP contribution in [0.3, 0.4) is 0 Å². The molecule has 0 aliphatic carbocycles. The maximum Gasteiger partial charge on any atom is 0.697 e. The molecule has 4 heteroatoms. The normalized spacial score (nSPS) is 33.7. The summed E-state index contributed by atoms with van der Waals surface area (Å²) in [6.45, 7) is 4.76. The predicted octanol–water partition coefficient (Wildman–Crippen LogP) is 3.03. The molecule has 1 rings (SSSR count). The first-order valence-corrected chi connectivity index (χ1v) is 5.61. The zero-order valence-corrected chi connectivity index (χ0v) is 8.60. The van der Waals surface area contributed by atoms with Crippen molar-refractivity contribution in [3.05, 3.63) is 0 Å². The molecular formula is C8H16O3P+. The molecule has 3 nitrogen and oxygen atoms in total. The highest BCUT2D eigenvalue weighted by Gasteiger charge is 2.44. The van der Waals surface area contributed by atoms with Gasteiger partial charge in [-0.2, -0.15) is 0 Å². The molecular weight excluding hydrogens is 175 g/mol. The average molecular weight is 191 g/mol. The Morgan fingerprint density at radius 1 is 1.50 bits per heavy atom. The molecule has 0 bridgehead atoms. The van der Waals surface area contributed by atoms with Gasteiger partial charge in [0.25, 0.3) is 0 Å². The maximum absolute atomic E-state index is 11.0. The molecule has 1 saturated heterocycles. The highest BCUT2D eigenvalue weighted by Crippen LogP contribution is 2.42. The first-order valence-electron chi connectivity index (χ1n) is 4.52. The Bertz CT molecular complexity index is 168. The summed E-state index contributed by atoms with van der Waals surface area (Å²) in [5, 5.41) is 0. The van der Waals surface area contributed by atoms with Crippen molar-refractivity contribution in [2.24, 2.45) is 0 Å². The Kier molecular flexibility index (Phi) is 3.63. The first-order chi connectivity index (χ1) is 5.72. The second-order valence-corrected chi connectivity index (χ2v) is 4.07. The predicted molar refractivity (Wildman–Crippen MR) is 47.2 cm³/mol. The fourth-order valence-electron chi connectivity index (χ4n) is 1.58. The van der Waals surface area contributed by atoms with Crippen LogP contribution in [0.15, 0.2) is 0 Å². The van der Waals surface area contributed by atoms with Gasteiger partial charge in [0.2, 0.25) is 0 Å². The highest BCUT2D eigenvalue weighted by atomic mass is 31.1. The second kappa shape index (κ2) is 4.31. The molecule has 1 aliphatic heterocycles. The van der Waals surface area contributed by atoms with E-state index in [1.54, 1.807) is 0 Å². The Balaban J connectivity index is 2.57. The van der Waals surface area contributed by atoms with Crippen LogP contribution in [0.1, 0.15) is 39.5 Å². The fraction of sp³-hybridized carbons (Fsp3) is 1.00. The van der Waals surface area contributed by atoms with E-state index in [4.69, 9.17) is 9.05 Å². The zero-order chi connectivity index (χ0) is 9.03. The van der Waals surface area contributed by atoms with Crippen LogP contribution in [0.5, 0.6) is 0 Å². The Morgan fingerprint density at radius 3 is 2.75 bits per heavy atom. The first kappa shape index (κ1) is 10.1. The van der Waals surface area contributed by atoms with Gasteiger partial charge in [0.1, 0.15) is 12.2 Å². The molecule has 1 unspecified atom stereocenters. The highest BCUT2D eigenvalue weighted by molar-refractivity contribution is 7.33. The van der Waals surface area contributed by atoms with Gasteiger partial charge >= 0.3 is 8.25 Å². The van der Waals surface area contributed by atoms with Crippen molar-refractivity contribution in [3.8, 4) is 0 Å². The smallest absolute Gasteiger partial charge is 0.119 e. The minimum Gasteiger partial charge on any atom is -0.119 e. The van der Waals surface area contributed by atoms with Gasteiger partial charge in [0.05, 0.1) is 0 Å². The third-order valence-electron chi connectivity index (χ3n) is 2.37. The summed E-state index contributed by atoms with van der Waals surface area (Å²) < 4.78 is 21.2. The lowest BCUT2D eigenvalue weighted by Crippen LogP contribution is -2.33. The molecule has 1 fully saturated rings. The van der Waals surface area contributed by atoms with Gasteiger partial charge in [-0.05, 0) is 12.8 Å². The Hall–Kier alpha value is 0.0200. The Labute approximate surface area is 74.4 Å². The molecule has 0 saturated carbocycles. The van der Waals surface area contributed by atoms with Crippen molar-refractivity contribution < 1.29 is 13.6 Å². The van der Waals surface area contributed by atoms with E-state index < -0.39 is 8.25 Å². The van der Waals surface area contributed by atoms with Crippen molar-refractivity contribution in [1.82, 2.24) is 0 Å². The van der Waals surface area contributed by atoms with Crippen LogP contribution in [0.2, 0.25) is 0 Å². The van der Waals surface area contributed by atoms with E-state index in [2.05, 4.69) is 13.8 Å². The molecule has 12 heavy (non-hydrogen) atoms. The summed E-state index contributed by atoms with van der Waals surface area (Å²) in [6, 6.07) is 0. The molecule has 0 amide bonds. The molecule has 0 radical (unpaired) electrons. The third kappa shape index (κ3) is 2.25. The minimum absolute atomic E-state index is 0.166. The van der Waals surface area contributed by atoms with Crippen LogP contribution in [0.4, 0.5) is 0 Å². The van der Waals surface area contributed by atoms with Crippen LogP contribution < -0.4 is 0 Å². The van der Waals surface area contributed by atoms with Crippen LogP contribution >= 0.6 is 8.25 Å². The fourth-order valence-corrected chi connectivity index (χ4v) is 2.50. The molecule has 1 aliphatic rings. The lowest BCUT2D eigenvalue weighted by Gasteiger charge is -2.27. The van der Waals surface area contributed by atoms with E-state index >= 15 is 0 Å². The molecule has 0 aromatic rings. The Morgan fingerprint density at radius 2 is 2.25 bits per heavy atom. The van der Waals surface area contributed by atoms with E-state index in [0.717, 1.165) is 25.7 Å². The van der Waals surface area contributed by atoms with Crippen molar-refractivity contribution >= 4 is 8.25 Å². The van der Waals surface area contributed by atoms with Crippen LogP contribution in [-0.4, -0.2) is 12.2 Å². The summed E-state index contributed by atoms with van der Waals surface area (Å²) in [4.78, 5) is 0. The van der Waals surface area contributed by atoms with E-state index in [1.165, 1.54) is 0 Å². The average Bonchev–Trinajstić information content (AvgIpc) is 2.05. The lowest BCUT2D eigenvalue weighted by atomic mass is 9.92. The molecule has 70 valence electrons. The van der Waals surface area contributed by atoms with Crippen LogP contribution in [-0.2, 0) is 13.6 Å². The van der Waals surface area contributed by atoms with E-state index in [0.29, 0.717) is 6.61 Å². The lowest BCUT2D eigenvalue weighted by molar-refractivity contribution is -0.00774. The van der Waals surface area contributed by atoms with Gasteiger partial charge in [-0.25, -0.2) is 0 Å². The minimum atomic E-state index is -1.85. The number of rotatable bonds is 3. The summed E-state index contributed by atoms with van der Waals surface area (Å²) in [5.41, 5.74) is -0.166. The molecule has 1 heterocycles. The van der Waals surface area contributed by atoms with Gasteiger partial charge in [0, 0.05) is 11.0 Å². The molecule has 0 spiro atoms. The van der Waals surface area contributed by atoms with Crippen LogP contribution in [0.25, 0.3) is 0 Å². The summed E-state index contributed by atoms with van der Waals surface area (Å²) in [7, 11) is -1.85. The summed E-state index contributed by atoms with van der Waals surface area (Å²) in [5.74, 6) is 0. The molecule has 0 N–H and O–H groups in total. The van der Waals surface area contributed by atoms with E-state index in [1.807, 2.05) is 0 Å². The van der Waals surface area contributed by atoms with E-state index in [9.17, 15) is 4.57 Å². The zero-order valence-electron chi connectivity index (χ0n) is 7.71. The molecule has 2 atom stereocenters. The van der Waals surface area contributed by atoms with Gasteiger partial charge in [-0.3, -0.25) is 0 Å². The van der Waals surface area contributed by atoms with Crippen molar-refractivity contribution in [1.29, 1.82) is 0 Å².